The minimum absolute atomic E-state index is 0.0687. The molecule has 0 N–H and O–H groups in total. The monoisotopic (exact) mass is 452 g/mol. The van der Waals surface area contributed by atoms with Gasteiger partial charge in [-0.25, -0.2) is 0 Å². The Hall–Kier alpha value is -1.72. The number of likely N-dealkylation sites (tertiary alicyclic amines) is 1. The number of ether oxygens (including phenoxy) is 1. The van der Waals surface area contributed by atoms with Gasteiger partial charge in [-0.1, -0.05) is 23.2 Å². The largest absolute Gasteiger partial charge is 0.466 e. The third-order valence-electron chi connectivity index (χ3n) is 5.97. The summed E-state index contributed by atoms with van der Waals surface area (Å²) < 4.78 is 5.13. The Morgan fingerprint density at radius 1 is 1.17 bits per heavy atom. The Kier molecular flexibility index (Phi) is 8.06. The Morgan fingerprint density at radius 3 is 2.57 bits per heavy atom. The number of halogens is 2. The molecule has 1 heterocycles. The van der Waals surface area contributed by atoms with Gasteiger partial charge in [0.2, 0.25) is 0 Å². The second kappa shape index (κ2) is 10.5. The summed E-state index contributed by atoms with van der Waals surface area (Å²) in [6.07, 6.45) is 7.18. The maximum atomic E-state index is 13.2. The molecular weight excluding hydrogens is 423 g/mol. The molecule has 0 bridgehead atoms. The van der Waals surface area contributed by atoms with Gasteiger partial charge in [-0.3, -0.25) is 9.59 Å². The van der Waals surface area contributed by atoms with E-state index in [2.05, 4.69) is 4.90 Å². The molecule has 3 rings (SSSR count). The zero-order valence-electron chi connectivity index (χ0n) is 17.8. The highest BCUT2D eigenvalue weighted by Gasteiger charge is 2.32. The number of carbonyl (C=O) groups is 2. The molecular formula is C23H30Cl2N2O3. The van der Waals surface area contributed by atoms with Crippen LogP contribution in [0.1, 0.15) is 62.2 Å². The average molecular weight is 453 g/mol. The molecule has 1 atom stereocenters. The van der Waals surface area contributed by atoms with Crippen molar-refractivity contribution in [2.45, 2.75) is 51.9 Å². The minimum Gasteiger partial charge on any atom is -0.466 e. The van der Waals surface area contributed by atoms with E-state index in [9.17, 15) is 9.59 Å². The van der Waals surface area contributed by atoms with E-state index in [0.717, 1.165) is 50.9 Å². The van der Waals surface area contributed by atoms with Gasteiger partial charge in [0.25, 0.3) is 5.91 Å². The maximum absolute atomic E-state index is 13.2. The van der Waals surface area contributed by atoms with Gasteiger partial charge in [-0.15, -0.1) is 0 Å². The average Bonchev–Trinajstić information content (AvgIpc) is 3.26. The molecule has 1 aliphatic carbocycles. The summed E-state index contributed by atoms with van der Waals surface area (Å²) in [6.45, 7) is 3.96. The third kappa shape index (κ3) is 5.50. The number of carbonyl (C=O) groups excluding carboxylic acids is 2. The molecule has 5 nitrogen and oxygen atoms in total. The highest BCUT2D eigenvalue weighted by atomic mass is 35.5. The number of rotatable bonds is 7. The Labute approximate surface area is 188 Å². The van der Waals surface area contributed by atoms with Crippen LogP contribution in [-0.2, 0) is 9.53 Å². The fraction of sp³-hybridized carbons (Fsp3) is 0.565. The lowest BCUT2D eigenvalue weighted by Crippen LogP contribution is -2.36. The van der Waals surface area contributed by atoms with Crippen molar-refractivity contribution in [3.05, 3.63) is 45.2 Å². The van der Waals surface area contributed by atoms with Gasteiger partial charge in [-0.05, 0) is 63.1 Å². The smallest absolute Gasteiger partial charge is 0.302 e. The van der Waals surface area contributed by atoms with Crippen molar-refractivity contribution in [1.29, 1.82) is 0 Å². The van der Waals surface area contributed by atoms with Crippen LogP contribution >= 0.6 is 23.2 Å². The molecule has 2 aliphatic rings. The SMILES string of the molecule is CC(=O)OCCCC1CCCC(N(C)C(=O)c2ccc(Cl)c(Cl)c2)=C1N1CCCC1. The van der Waals surface area contributed by atoms with Crippen molar-refractivity contribution in [1.82, 2.24) is 9.80 Å². The summed E-state index contributed by atoms with van der Waals surface area (Å²) in [5.41, 5.74) is 2.95. The van der Waals surface area contributed by atoms with E-state index in [4.69, 9.17) is 27.9 Å². The number of esters is 1. The normalized spacial score (nSPS) is 19.2. The molecule has 0 saturated carbocycles. The molecule has 1 aromatic rings. The van der Waals surface area contributed by atoms with Gasteiger partial charge < -0.3 is 14.5 Å². The molecule has 0 radical (unpaired) electrons. The van der Waals surface area contributed by atoms with E-state index in [1.807, 2.05) is 7.05 Å². The van der Waals surface area contributed by atoms with Crippen molar-refractivity contribution >= 4 is 35.1 Å². The lowest BCUT2D eigenvalue weighted by atomic mass is 9.85. The van der Waals surface area contributed by atoms with Crippen LogP contribution in [0.4, 0.5) is 0 Å². The van der Waals surface area contributed by atoms with Gasteiger partial charge in [0.15, 0.2) is 0 Å². The number of allylic oxidation sites excluding steroid dienone is 2. The minimum atomic E-state index is -0.235. The van der Waals surface area contributed by atoms with Gasteiger partial charge >= 0.3 is 5.97 Å². The highest BCUT2D eigenvalue weighted by Crippen LogP contribution is 2.38. The second-order valence-electron chi connectivity index (χ2n) is 8.09. The molecule has 1 aliphatic heterocycles. The lowest BCUT2D eigenvalue weighted by Gasteiger charge is -2.38. The summed E-state index contributed by atoms with van der Waals surface area (Å²) >= 11 is 12.2. The lowest BCUT2D eigenvalue weighted by molar-refractivity contribution is -0.141. The van der Waals surface area contributed by atoms with Crippen LogP contribution in [0.5, 0.6) is 0 Å². The van der Waals surface area contributed by atoms with E-state index in [1.165, 1.54) is 25.5 Å². The molecule has 1 amide bonds. The van der Waals surface area contributed by atoms with E-state index in [0.29, 0.717) is 28.1 Å². The van der Waals surface area contributed by atoms with Crippen LogP contribution in [-0.4, -0.2) is 48.4 Å². The number of nitrogens with zero attached hydrogens (tertiary/aromatic N) is 2. The summed E-state index contributed by atoms with van der Waals surface area (Å²) in [5.74, 6) is 0.0777. The summed E-state index contributed by atoms with van der Waals surface area (Å²) in [5, 5.41) is 0.829. The number of benzene rings is 1. The zero-order valence-corrected chi connectivity index (χ0v) is 19.3. The molecule has 0 spiro atoms. The number of amides is 1. The second-order valence-corrected chi connectivity index (χ2v) is 8.90. The van der Waals surface area contributed by atoms with E-state index >= 15 is 0 Å². The third-order valence-corrected chi connectivity index (χ3v) is 6.71. The molecule has 1 saturated heterocycles. The van der Waals surface area contributed by atoms with E-state index < -0.39 is 0 Å². The topological polar surface area (TPSA) is 49.9 Å². The molecule has 30 heavy (non-hydrogen) atoms. The Bertz CT molecular complexity index is 819. The first-order chi connectivity index (χ1) is 14.4. The summed E-state index contributed by atoms with van der Waals surface area (Å²) in [4.78, 5) is 28.5. The molecule has 164 valence electrons. The zero-order chi connectivity index (χ0) is 21.7. The first-order valence-electron chi connectivity index (χ1n) is 10.7. The van der Waals surface area contributed by atoms with Crippen molar-refractivity contribution in [3.8, 4) is 0 Å². The molecule has 1 fully saturated rings. The van der Waals surface area contributed by atoms with Gasteiger partial charge in [0.05, 0.1) is 16.7 Å². The van der Waals surface area contributed by atoms with Crippen LogP contribution in [0, 0.1) is 5.92 Å². The van der Waals surface area contributed by atoms with Gasteiger partial charge in [0.1, 0.15) is 0 Å². The van der Waals surface area contributed by atoms with Gasteiger partial charge in [0, 0.05) is 49.9 Å². The Morgan fingerprint density at radius 2 is 1.90 bits per heavy atom. The van der Waals surface area contributed by atoms with Crippen molar-refractivity contribution in [2.24, 2.45) is 5.92 Å². The molecule has 7 heteroatoms. The number of hydrogen-bond donors (Lipinski definition) is 0. The molecule has 1 unspecified atom stereocenters. The van der Waals surface area contributed by atoms with Crippen LogP contribution in [0.25, 0.3) is 0 Å². The fourth-order valence-electron chi connectivity index (χ4n) is 4.53. The van der Waals surface area contributed by atoms with Gasteiger partial charge in [-0.2, -0.15) is 0 Å². The van der Waals surface area contributed by atoms with Crippen LogP contribution < -0.4 is 0 Å². The maximum Gasteiger partial charge on any atom is 0.302 e. The number of hydrogen-bond acceptors (Lipinski definition) is 4. The first kappa shape index (κ1) is 23.0. The predicted octanol–water partition coefficient (Wildman–Crippen LogP) is 5.52. The standard InChI is InChI=1S/C23H30Cl2N2O3/c1-16(28)30-14-6-8-17-7-5-9-21(22(17)27-12-3-4-13-27)26(2)23(29)18-10-11-19(24)20(25)15-18/h10-11,15,17H,3-9,12-14H2,1-2H3. The van der Waals surface area contributed by atoms with Crippen molar-refractivity contribution in [3.63, 3.8) is 0 Å². The van der Waals surface area contributed by atoms with Crippen LogP contribution in [0.2, 0.25) is 10.0 Å². The van der Waals surface area contributed by atoms with E-state index in [1.54, 1.807) is 23.1 Å². The summed E-state index contributed by atoms with van der Waals surface area (Å²) in [7, 11) is 1.86. The van der Waals surface area contributed by atoms with Crippen LogP contribution in [0.3, 0.4) is 0 Å². The molecule has 0 aromatic heterocycles. The Balaban J connectivity index is 1.84. The highest BCUT2D eigenvalue weighted by molar-refractivity contribution is 6.42. The fourth-order valence-corrected chi connectivity index (χ4v) is 4.82. The summed E-state index contributed by atoms with van der Waals surface area (Å²) in [6, 6.07) is 5.03. The first-order valence-corrected chi connectivity index (χ1v) is 11.5. The molecule has 1 aromatic carbocycles. The van der Waals surface area contributed by atoms with Crippen molar-refractivity contribution < 1.29 is 14.3 Å². The van der Waals surface area contributed by atoms with Crippen LogP contribution in [0.15, 0.2) is 29.6 Å². The van der Waals surface area contributed by atoms with E-state index in [-0.39, 0.29) is 11.9 Å². The quantitative estimate of drug-likeness (QED) is 0.403. The predicted molar refractivity (Wildman–Crippen MR) is 120 cm³/mol. The van der Waals surface area contributed by atoms with Crippen molar-refractivity contribution in [2.75, 3.05) is 26.7 Å².